The van der Waals surface area contributed by atoms with Crippen LogP contribution in [0, 0.1) is 0 Å². The number of ether oxygens (including phenoxy) is 2. The highest BCUT2D eigenvalue weighted by atomic mass is 16.5. The molecule has 1 aromatic rings. The standard InChI is InChI=1S/C11H14O5/c1-15-6-7-4-3-5-8(10(7)16-2)9(12)11(13)14/h3-5,9,12H,6H2,1-2H3,(H,13,14). The largest absolute Gasteiger partial charge is 0.496 e. The Hall–Kier alpha value is -1.59. The molecule has 0 aliphatic carbocycles. The van der Waals surface area contributed by atoms with Crippen molar-refractivity contribution in [2.75, 3.05) is 14.2 Å². The van der Waals surface area contributed by atoms with Gasteiger partial charge < -0.3 is 19.7 Å². The van der Waals surface area contributed by atoms with Gasteiger partial charge in [0.15, 0.2) is 6.10 Å². The number of aliphatic carboxylic acids is 1. The molecule has 1 aromatic carbocycles. The Morgan fingerprint density at radius 3 is 2.62 bits per heavy atom. The maximum Gasteiger partial charge on any atom is 0.337 e. The predicted octanol–water partition coefficient (Wildman–Crippen LogP) is 0.960. The predicted molar refractivity (Wildman–Crippen MR) is 56.3 cm³/mol. The molecule has 0 aliphatic rings. The summed E-state index contributed by atoms with van der Waals surface area (Å²) < 4.78 is 10.1. The minimum absolute atomic E-state index is 0.226. The number of carbonyl (C=O) groups is 1. The third-order valence-electron chi connectivity index (χ3n) is 2.16. The SMILES string of the molecule is COCc1cccc(C(O)C(=O)O)c1OC. The van der Waals surface area contributed by atoms with Gasteiger partial charge >= 0.3 is 5.97 Å². The third kappa shape index (κ3) is 2.50. The van der Waals surface area contributed by atoms with Gasteiger partial charge in [-0.3, -0.25) is 0 Å². The van der Waals surface area contributed by atoms with Crippen molar-refractivity contribution in [1.29, 1.82) is 0 Å². The molecule has 0 aromatic heterocycles. The molecule has 0 heterocycles. The fourth-order valence-electron chi connectivity index (χ4n) is 1.47. The highest BCUT2D eigenvalue weighted by Crippen LogP contribution is 2.29. The fourth-order valence-corrected chi connectivity index (χ4v) is 1.47. The van der Waals surface area contributed by atoms with E-state index in [1.54, 1.807) is 12.1 Å². The van der Waals surface area contributed by atoms with E-state index in [0.717, 1.165) is 0 Å². The summed E-state index contributed by atoms with van der Waals surface area (Å²) in [5.74, 6) is -0.966. The number of aliphatic hydroxyl groups excluding tert-OH is 1. The molecular formula is C11H14O5. The van der Waals surface area contributed by atoms with E-state index in [1.807, 2.05) is 0 Å². The topological polar surface area (TPSA) is 76.0 Å². The zero-order chi connectivity index (χ0) is 12.1. The molecule has 16 heavy (non-hydrogen) atoms. The lowest BCUT2D eigenvalue weighted by Gasteiger charge is -2.14. The summed E-state index contributed by atoms with van der Waals surface area (Å²) in [7, 11) is 2.95. The highest BCUT2D eigenvalue weighted by Gasteiger charge is 2.21. The normalized spacial score (nSPS) is 12.2. The van der Waals surface area contributed by atoms with E-state index in [-0.39, 0.29) is 5.56 Å². The van der Waals surface area contributed by atoms with Crippen LogP contribution in [-0.4, -0.2) is 30.4 Å². The van der Waals surface area contributed by atoms with Crippen LogP contribution in [0.15, 0.2) is 18.2 Å². The molecule has 0 spiro atoms. The van der Waals surface area contributed by atoms with Crippen LogP contribution in [0.25, 0.3) is 0 Å². The lowest BCUT2D eigenvalue weighted by atomic mass is 10.0. The van der Waals surface area contributed by atoms with E-state index < -0.39 is 12.1 Å². The first-order valence-corrected chi connectivity index (χ1v) is 4.67. The minimum atomic E-state index is -1.59. The Morgan fingerprint density at radius 2 is 2.12 bits per heavy atom. The second-order valence-electron chi connectivity index (χ2n) is 3.21. The molecule has 1 atom stereocenters. The van der Waals surface area contributed by atoms with Gasteiger partial charge in [-0.05, 0) is 0 Å². The molecule has 0 fully saturated rings. The van der Waals surface area contributed by atoms with Crippen LogP contribution < -0.4 is 4.74 Å². The van der Waals surface area contributed by atoms with Crippen molar-refractivity contribution in [3.8, 4) is 5.75 Å². The van der Waals surface area contributed by atoms with Crippen molar-refractivity contribution < 1.29 is 24.5 Å². The average molecular weight is 226 g/mol. The zero-order valence-corrected chi connectivity index (χ0v) is 9.14. The first-order chi connectivity index (χ1) is 7.61. The van der Waals surface area contributed by atoms with Gasteiger partial charge in [-0.15, -0.1) is 0 Å². The second kappa shape index (κ2) is 5.48. The van der Waals surface area contributed by atoms with Crippen molar-refractivity contribution in [3.05, 3.63) is 29.3 Å². The third-order valence-corrected chi connectivity index (χ3v) is 2.16. The van der Waals surface area contributed by atoms with E-state index in [4.69, 9.17) is 14.6 Å². The Morgan fingerprint density at radius 1 is 1.44 bits per heavy atom. The van der Waals surface area contributed by atoms with Gasteiger partial charge in [0.1, 0.15) is 5.75 Å². The van der Waals surface area contributed by atoms with Gasteiger partial charge in [-0.2, -0.15) is 0 Å². The number of methoxy groups -OCH3 is 2. The Kier molecular flexibility index (Phi) is 4.28. The molecule has 0 saturated carbocycles. The van der Waals surface area contributed by atoms with E-state index >= 15 is 0 Å². The van der Waals surface area contributed by atoms with E-state index in [0.29, 0.717) is 17.9 Å². The maximum absolute atomic E-state index is 10.7. The van der Waals surface area contributed by atoms with Gasteiger partial charge in [-0.1, -0.05) is 18.2 Å². The second-order valence-corrected chi connectivity index (χ2v) is 3.21. The summed E-state index contributed by atoms with van der Waals surface area (Å²) in [6, 6.07) is 4.91. The van der Waals surface area contributed by atoms with Gasteiger partial charge in [0.25, 0.3) is 0 Å². The van der Waals surface area contributed by atoms with Gasteiger partial charge in [0.2, 0.25) is 0 Å². The van der Waals surface area contributed by atoms with Crippen LogP contribution in [0.4, 0.5) is 0 Å². The Labute approximate surface area is 93.2 Å². The summed E-state index contributed by atoms with van der Waals surface area (Å²) in [6.07, 6.45) is -1.59. The van der Waals surface area contributed by atoms with Crippen molar-refractivity contribution >= 4 is 5.97 Å². The first-order valence-electron chi connectivity index (χ1n) is 4.67. The average Bonchev–Trinajstić information content (AvgIpc) is 2.28. The minimum Gasteiger partial charge on any atom is -0.496 e. The number of aliphatic hydroxyl groups is 1. The lowest BCUT2D eigenvalue weighted by molar-refractivity contribution is -0.147. The molecule has 0 amide bonds. The number of hydrogen-bond acceptors (Lipinski definition) is 4. The molecule has 5 nitrogen and oxygen atoms in total. The van der Waals surface area contributed by atoms with Crippen LogP contribution in [0.2, 0.25) is 0 Å². The summed E-state index contributed by atoms with van der Waals surface area (Å²) in [5, 5.41) is 18.2. The summed E-state index contributed by atoms with van der Waals surface area (Å²) >= 11 is 0. The number of carboxylic acids is 1. The van der Waals surface area contributed by atoms with Crippen LogP contribution in [0.1, 0.15) is 17.2 Å². The van der Waals surface area contributed by atoms with E-state index in [9.17, 15) is 9.90 Å². The summed E-state index contributed by atoms with van der Waals surface area (Å²) in [6.45, 7) is 0.295. The number of para-hydroxylation sites is 1. The quantitative estimate of drug-likeness (QED) is 0.782. The molecule has 2 N–H and O–H groups in total. The number of rotatable bonds is 5. The van der Waals surface area contributed by atoms with Crippen LogP contribution in [-0.2, 0) is 16.1 Å². The molecule has 0 saturated heterocycles. The Bertz CT molecular complexity index is 375. The molecule has 0 bridgehead atoms. The van der Waals surface area contributed by atoms with Crippen LogP contribution >= 0.6 is 0 Å². The fraction of sp³-hybridized carbons (Fsp3) is 0.364. The molecule has 1 rings (SSSR count). The van der Waals surface area contributed by atoms with Crippen molar-refractivity contribution in [3.63, 3.8) is 0 Å². The van der Waals surface area contributed by atoms with E-state index in [1.165, 1.54) is 20.3 Å². The summed E-state index contributed by atoms with van der Waals surface area (Å²) in [5.41, 5.74) is 0.923. The number of benzene rings is 1. The smallest absolute Gasteiger partial charge is 0.337 e. The maximum atomic E-state index is 10.7. The molecule has 0 aliphatic heterocycles. The summed E-state index contributed by atoms with van der Waals surface area (Å²) in [4.78, 5) is 10.7. The van der Waals surface area contributed by atoms with Crippen LogP contribution in [0.3, 0.4) is 0 Å². The van der Waals surface area contributed by atoms with Gasteiger partial charge in [0.05, 0.1) is 13.7 Å². The molecule has 0 radical (unpaired) electrons. The Balaban J connectivity index is 3.17. The lowest BCUT2D eigenvalue weighted by Crippen LogP contribution is -2.12. The number of carboxylic acid groups (broad SMARTS) is 1. The van der Waals surface area contributed by atoms with E-state index in [2.05, 4.69) is 0 Å². The van der Waals surface area contributed by atoms with Gasteiger partial charge in [0, 0.05) is 18.2 Å². The van der Waals surface area contributed by atoms with Gasteiger partial charge in [-0.25, -0.2) is 4.79 Å². The molecule has 5 heteroatoms. The monoisotopic (exact) mass is 226 g/mol. The molecule has 1 unspecified atom stereocenters. The molecular weight excluding hydrogens is 212 g/mol. The zero-order valence-electron chi connectivity index (χ0n) is 9.14. The van der Waals surface area contributed by atoms with Crippen LogP contribution in [0.5, 0.6) is 5.75 Å². The molecule has 88 valence electrons. The van der Waals surface area contributed by atoms with Crippen molar-refractivity contribution in [2.24, 2.45) is 0 Å². The highest BCUT2D eigenvalue weighted by molar-refractivity contribution is 5.75. The first kappa shape index (κ1) is 12.5. The number of hydrogen-bond donors (Lipinski definition) is 2. The van der Waals surface area contributed by atoms with Crippen molar-refractivity contribution in [1.82, 2.24) is 0 Å². The van der Waals surface area contributed by atoms with Crippen molar-refractivity contribution in [2.45, 2.75) is 12.7 Å².